The Balaban J connectivity index is 1.75. The fourth-order valence-electron chi connectivity index (χ4n) is 3.67. The Labute approximate surface area is 162 Å². The molecule has 4 heteroatoms. The molecule has 0 saturated heterocycles. The van der Waals surface area contributed by atoms with Crippen LogP contribution in [0.3, 0.4) is 0 Å². The predicted molar refractivity (Wildman–Crippen MR) is 109 cm³/mol. The summed E-state index contributed by atoms with van der Waals surface area (Å²) in [4.78, 5) is 2.65. The van der Waals surface area contributed by atoms with Crippen molar-refractivity contribution in [3.63, 3.8) is 0 Å². The van der Waals surface area contributed by atoms with Crippen LogP contribution in [-0.2, 0) is 6.42 Å². The van der Waals surface area contributed by atoms with Gasteiger partial charge in [-0.25, -0.2) is 0 Å². The van der Waals surface area contributed by atoms with Gasteiger partial charge in [0.15, 0.2) is 0 Å². The van der Waals surface area contributed by atoms with Crippen molar-refractivity contribution in [3.8, 4) is 0 Å². The Hall–Kier alpha value is -0.940. The molecule has 1 aliphatic rings. The maximum atomic E-state index is 10.3. The molecule has 0 aromatic carbocycles. The number of rotatable bonds is 11. The van der Waals surface area contributed by atoms with Crippen LogP contribution < -0.4 is 0 Å². The summed E-state index contributed by atoms with van der Waals surface area (Å²) in [6, 6.07) is 4.27. The lowest BCUT2D eigenvalue weighted by Gasteiger charge is -2.18. The third kappa shape index (κ3) is 7.36. The maximum absolute atomic E-state index is 10.3. The first-order valence-corrected chi connectivity index (χ1v) is 10.8. The zero-order valence-electron chi connectivity index (χ0n) is 15.9. The van der Waals surface area contributed by atoms with Gasteiger partial charge in [0.25, 0.3) is 0 Å². The van der Waals surface area contributed by atoms with Gasteiger partial charge in [0.05, 0.1) is 12.2 Å². The summed E-state index contributed by atoms with van der Waals surface area (Å²) in [5.41, 5.74) is 0. The minimum absolute atomic E-state index is 0.238. The monoisotopic (exact) mass is 378 g/mol. The zero-order valence-corrected chi connectivity index (χ0v) is 16.7. The summed E-state index contributed by atoms with van der Waals surface area (Å²) < 4.78 is 0. The average Bonchev–Trinajstić information content (AvgIpc) is 3.20. The Morgan fingerprint density at radius 3 is 2.81 bits per heavy atom. The third-order valence-corrected chi connectivity index (χ3v) is 6.32. The summed E-state index contributed by atoms with van der Waals surface area (Å²) in [6.45, 7) is 2.37. The van der Waals surface area contributed by atoms with Crippen molar-refractivity contribution in [3.05, 3.63) is 46.2 Å². The summed E-state index contributed by atoms with van der Waals surface area (Å²) >= 11 is 1.80. The van der Waals surface area contributed by atoms with Crippen molar-refractivity contribution in [2.24, 2.45) is 11.8 Å². The van der Waals surface area contributed by atoms with Crippen LogP contribution >= 0.6 is 11.3 Å². The number of thiophene rings is 1. The predicted octanol–water partition coefficient (Wildman–Crippen LogP) is 4.40. The van der Waals surface area contributed by atoms with Gasteiger partial charge in [-0.3, -0.25) is 0 Å². The van der Waals surface area contributed by atoms with Crippen molar-refractivity contribution in [1.82, 2.24) is 0 Å². The van der Waals surface area contributed by atoms with Crippen LogP contribution in [0.2, 0.25) is 0 Å². The second-order valence-electron chi connectivity index (χ2n) is 7.40. The molecule has 1 aromatic heterocycles. The lowest BCUT2D eigenvalue weighted by atomic mass is 9.90. The standard InChI is InChI=1S/C22H34O3S/c1-17-8-13-20(26-17)14-12-19(24)11-9-18-10-15-22(25)21(18)7-5-3-2-4-6-16-23/h3,5,8-9,11,13,18-19,21-25H,2,4,6-7,10,12,14-16H2,1H3/b5-3-,11-9+/t18-,19+,21+,22?/m0/s1. The number of aliphatic hydroxyl groups is 3. The average molecular weight is 379 g/mol. The number of aryl methyl sites for hydroxylation is 2. The minimum Gasteiger partial charge on any atom is -0.396 e. The van der Waals surface area contributed by atoms with Gasteiger partial charge in [0.2, 0.25) is 0 Å². The summed E-state index contributed by atoms with van der Waals surface area (Å²) in [7, 11) is 0. The number of hydrogen-bond donors (Lipinski definition) is 3. The largest absolute Gasteiger partial charge is 0.396 e. The molecule has 2 rings (SSSR count). The van der Waals surface area contributed by atoms with Crippen LogP contribution in [0, 0.1) is 18.8 Å². The van der Waals surface area contributed by atoms with E-state index in [1.165, 1.54) is 9.75 Å². The maximum Gasteiger partial charge on any atom is 0.0724 e. The Morgan fingerprint density at radius 2 is 2.08 bits per heavy atom. The van der Waals surface area contributed by atoms with Crippen LogP contribution in [0.25, 0.3) is 0 Å². The van der Waals surface area contributed by atoms with Crippen molar-refractivity contribution >= 4 is 11.3 Å². The van der Waals surface area contributed by atoms with Crippen LogP contribution in [0.1, 0.15) is 54.7 Å². The van der Waals surface area contributed by atoms with Crippen LogP contribution in [-0.4, -0.2) is 34.1 Å². The Bertz CT molecular complexity index is 563. The number of aliphatic hydroxyl groups excluding tert-OH is 3. The van der Waals surface area contributed by atoms with Crippen LogP contribution in [0.15, 0.2) is 36.4 Å². The van der Waals surface area contributed by atoms with Gasteiger partial charge in [-0.15, -0.1) is 11.3 Å². The van der Waals surface area contributed by atoms with Crippen molar-refractivity contribution < 1.29 is 15.3 Å². The van der Waals surface area contributed by atoms with E-state index >= 15 is 0 Å². The van der Waals surface area contributed by atoms with Crippen LogP contribution in [0.5, 0.6) is 0 Å². The highest BCUT2D eigenvalue weighted by Gasteiger charge is 2.32. The normalized spacial score (nSPS) is 24.8. The topological polar surface area (TPSA) is 60.7 Å². The lowest BCUT2D eigenvalue weighted by molar-refractivity contribution is 0.125. The molecule has 1 saturated carbocycles. The van der Waals surface area contributed by atoms with Gasteiger partial charge in [0, 0.05) is 16.4 Å². The van der Waals surface area contributed by atoms with Gasteiger partial charge < -0.3 is 15.3 Å². The summed E-state index contributed by atoms with van der Waals surface area (Å²) in [6.07, 6.45) is 15.0. The molecule has 0 spiro atoms. The molecule has 1 fully saturated rings. The van der Waals surface area contributed by atoms with Crippen LogP contribution in [0.4, 0.5) is 0 Å². The fraction of sp³-hybridized carbons (Fsp3) is 0.636. The first-order valence-electron chi connectivity index (χ1n) is 9.95. The van der Waals surface area contributed by atoms with E-state index in [1.54, 1.807) is 11.3 Å². The molecular formula is C22H34O3S. The molecule has 3 nitrogen and oxygen atoms in total. The van der Waals surface area contributed by atoms with Gasteiger partial charge >= 0.3 is 0 Å². The van der Waals surface area contributed by atoms with E-state index in [0.29, 0.717) is 5.92 Å². The first-order chi connectivity index (χ1) is 12.6. The smallest absolute Gasteiger partial charge is 0.0724 e. The molecule has 1 aliphatic carbocycles. The quantitative estimate of drug-likeness (QED) is 0.395. The summed E-state index contributed by atoms with van der Waals surface area (Å²) in [5, 5.41) is 29.3. The molecule has 0 bridgehead atoms. The van der Waals surface area contributed by atoms with Crippen molar-refractivity contribution in [1.29, 1.82) is 0 Å². The van der Waals surface area contributed by atoms with E-state index in [1.807, 2.05) is 6.08 Å². The van der Waals surface area contributed by atoms with Gasteiger partial charge in [-0.2, -0.15) is 0 Å². The minimum atomic E-state index is -0.412. The van der Waals surface area contributed by atoms with Gasteiger partial charge in [-0.05, 0) is 82.3 Å². The highest BCUT2D eigenvalue weighted by atomic mass is 32.1. The summed E-state index contributed by atoms with van der Waals surface area (Å²) in [5.74, 6) is 0.609. The molecule has 0 amide bonds. The first kappa shape index (κ1) is 21.4. The number of hydrogen-bond acceptors (Lipinski definition) is 4. The van der Waals surface area contributed by atoms with E-state index in [2.05, 4.69) is 37.3 Å². The van der Waals surface area contributed by atoms with Gasteiger partial charge in [-0.1, -0.05) is 24.3 Å². The van der Waals surface area contributed by atoms with E-state index < -0.39 is 6.10 Å². The lowest BCUT2D eigenvalue weighted by Crippen LogP contribution is -2.17. The van der Waals surface area contributed by atoms with E-state index in [0.717, 1.165) is 51.4 Å². The van der Waals surface area contributed by atoms with Crippen molar-refractivity contribution in [2.45, 2.75) is 70.5 Å². The zero-order chi connectivity index (χ0) is 18.8. The number of unbranched alkanes of at least 4 members (excludes halogenated alkanes) is 2. The van der Waals surface area contributed by atoms with E-state index in [4.69, 9.17) is 5.11 Å². The number of allylic oxidation sites excluding steroid dienone is 3. The second kappa shape index (κ2) is 11.7. The Kier molecular flexibility index (Phi) is 9.62. The molecule has 1 aromatic rings. The highest BCUT2D eigenvalue weighted by Crippen LogP contribution is 2.36. The molecule has 0 aliphatic heterocycles. The van der Waals surface area contributed by atoms with Crippen molar-refractivity contribution in [2.75, 3.05) is 6.61 Å². The molecule has 1 heterocycles. The molecule has 4 atom stereocenters. The molecule has 26 heavy (non-hydrogen) atoms. The second-order valence-corrected chi connectivity index (χ2v) is 8.77. The fourth-order valence-corrected chi connectivity index (χ4v) is 4.58. The molecule has 146 valence electrons. The van der Waals surface area contributed by atoms with E-state index in [-0.39, 0.29) is 18.6 Å². The molecule has 1 unspecified atom stereocenters. The third-order valence-electron chi connectivity index (χ3n) is 5.26. The SMILES string of the molecule is Cc1ccc(CC[C@H](O)/C=C/[C@H]2CCC(O)[C@@H]2C/C=C\CCCCO)s1. The van der Waals surface area contributed by atoms with E-state index in [9.17, 15) is 10.2 Å². The molecule has 0 radical (unpaired) electrons. The molecular weight excluding hydrogens is 344 g/mol. The molecule has 3 N–H and O–H groups in total. The van der Waals surface area contributed by atoms with Gasteiger partial charge in [0.1, 0.15) is 0 Å². The highest BCUT2D eigenvalue weighted by molar-refractivity contribution is 7.11. The Morgan fingerprint density at radius 1 is 1.23 bits per heavy atom.